The summed E-state index contributed by atoms with van der Waals surface area (Å²) >= 11 is 0. The minimum Gasteiger partial charge on any atom is -0.444 e. The summed E-state index contributed by atoms with van der Waals surface area (Å²) < 4.78 is 5.51. The Hall–Kier alpha value is -3.35. The van der Waals surface area contributed by atoms with Crippen LogP contribution in [0.3, 0.4) is 0 Å². The highest BCUT2D eigenvalue weighted by Gasteiger charge is 2.37. The Morgan fingerprint density at radius 1 is 0.878 bits per heavy atom. The van der Waals surface area contributed by atoms with Gasteiger partial charge in [-0.2, -0.15) is 0 Å². The van der Waals surface area contributed by atoms with Crippen LogP contribution in [-0.2, 0) is 14.3 Å². The molecule has 3 amide bonds. The summed E-state index contributed by atoms with van der Waals surface area (Å²) in [6.45, 7) is 15.9. The van der Waals surface area contributed by atoms with Crippen LogP contribution in [0.15, 0.2) is 48.5 Å². The van der Waals surface area contributed by atoms with Crippen molar-refractivity contribution in [2.75, 3.05) is 11.9 Å². The molecule has 2 N–H and O–H groups in total. The highest BCUT2D eigenvalue weighted by Crippen LogP contribution is 2.29. The number of para-hydroxylation sites is 1. The number of hydrogen-bond donors (Lipinski definition) is 2. The summed E-state index contributed by atoms with van der Waals surface area (Å²) in [7, 11) is 0. The third kappa shape index (κ3) is 11.2. The SMILES string of the molecule is CCCCCCCN(C(=O)C(CC(C)C)NC(=O)OC(C)(C)C)C(C(=O)Nc1ccccc1C)c1ccccc1C. The number of hydrogen-bond acceptors (Lipinski definition) is 4. The molecule has 0 spiro atoms. The summed E-state index contributed by atoms with van der Waals surface area (Å²) in [5, 5.41) is 5.92. The van der Waals surface area contributed by atoms with Gasteiger partial charge in [0.15, 0.2) is 0 Å². The quantitative estimate of drug-likeness (QED) is 0.230. The van der Waals surface area contributed by atoms with Crippen molar-refractivity contribution in [3.63, 3.8) is 0 Å². The molecule has 0 aliphatic carbocycles. The lowest BCUT2D eigenvalue weighted by Gasteiger charge is -2.35. The van der Waals surface area contributed by atoms with E-state index in [-0.39, 0.29) is 17.7 Å². The maximum atomic E-state index is 14.4. The summed E-state index contributed by atoms with van der Waals surface area (Å²) in [5.74, 6) is -0.438. The molecule has 41 heavy (non-hydrogen) atoms. The molecule has 0 bridgehead atoms. The average Bonchev–Trinajstić information content (AvgIpc) is 2.88. The molecule has 2 atom stereocenters. The van der Waals surface area contributed by atoms with Crippen LogP contribution in [0.25, 0.3) is 0 Å². The van der Waals surface area contributed by atoms with Gasteiger partial charge in [0.1, 0.15) is 17.7 Å². The molecule has 0 aliphatic rings. The van der Waals surface area contributed by atoms with E-state index >= 15 is 0 Å². The van der Waals surface area contributed by atoms with Gasteiger partial charge in [0.25, 0.3) is 5.91 Å². The zero-order chi connectivity index (χ0) is 30.6. The molecule has 2 aromatic rings. The second-order valence-electron chi connectivity index (χ2n) is 12.3. The predicted octanol–water partition coefficient (Wildman–Crippen LogP) is 7.72. The van der Waals surface area contributed by atoms with Crippen LogP contribution in [0.4, 0.5) is 10.5 Å². The topological polar surface area (TPSA) is 87.7 Å². The monoisotopic (exact) mass is 565 g/mol. The molecule has 2 unspecified atom stereocenters. The molecule has 0 fully saturated rings. The van der Waals surface area contributed by atoms with E-state index in [1.54, 1.807) is 25.7 Å². The predicted molar refractivity (Wildman–Crippen MR) is 167 cm³/mol. The van der Waals surface area contributed by atoms with Crippen molar-refractivity contribution in [3.05, 3.63) is 65.2 Å². The number of ether oxygens (including phenoxy) is 1. The Bertz CT molecular complexity index is 1140. The summed E-state index contributed by atoms with van der Waals surface area (Å²) in [5.41, 5.74) is 2.62. The second kappa shape index (κ2) is 16.2. The highest BCUT2D eigenvalue weighted by atomic mass is 16.6. The zero-order valence-corrected chi connectivity index (χ0v) is 26.4. The third-order valence-corrected chi connectivity index (χ3v) is 6.93. The van der Waals surface area contributed by atoms with Gasteiger partial charge in [-0.05, 0) is 76.1 Å². The molecule has 7 nitrogen and oxygen atoms in total. The molecule has 2 aromatic carbocycles. The average molecular weight is 566 g/mol. The number of aryl methyl sites for hydroxylation is 2. The van der Waals surface area contributed by atoms with Gasteiger partial charge in [0, 0.05) is 12.2 Å². The maximum absolute atomic E-state index is 14.4. The lowest BCUT2D eigenvalue weighted by atomic mass is 9.96. The van der Waals surface area contributed by atoms with Crippen molar-refractivity contribution in [1.82, 2.24) is 10.2 Å². The first-order chi connectivity index (χ1) is 19.3. The van der Waals surface area contributed by atoms with Crippen LogP contribution < -0.4 is 10.6 Å². The number of carbonyl (C=O) groups excluding carboxylic acids is 3. The van der Waals surface area contributed by atoms with Crippen LogP contribution in [0.5, 0.6) is 0 Å². The molecule has 0 saturated carbocycles. The molecular formula is C34H51N3O4. The van der Waals surface area contributed by atoms with E-state index in [9.17, 15) is 14.4 Å². The molecule has 7 heteroatoms. The lowest BCUT2D eigenvalue weighted by molar-refractivity contribution is -0.141. The number of anilines is 1. The zero-order valence-electron chi connectivity index (χ0n) is 26.4. The Balaban J connectivity index is 2.55. The van der Waals surface area contributed by atoms with Gasteiger partial charge in [-0.1, -0.05) is 88.9 Å². The number of unbranched alkanes of at least 4 members (excludes halogenated alkanes) is 4. The van der Waals surface area contributed by atoms with Crippen molar-refractivity contribution in [2.45, 2.75) is 112 Å². The first kappa shape index (κ1) is 33.9. The van der Waals surface area contributed by atoms with Gasteiger partial charge in [-0.15, -0.1) is 0 Å². The Morgan fingerprint density at radius 2 is 1.49 bits per heavy atom. The summed E-state index contributed by atoms with van der Waals surface area (Å²) in [6, 6.07) is 13.6. The van der Waals surface area contributed by atoms with Crippen molar-refractivity contribution >= 4 is 23.6 Å². The fourth-order valence-electron chi connectivity index (χ4n) is 4.85. The largest absolute Gasteiger partial charge is 0.444 e. The lowest BCUT2D eigenvalue weighted by Crippen LogP contribution is -2.53. The van der Waals surface area contributed by atoms with E-state index in [1.807, 2.05) is 76.2 Å². The van der Waals surface area contributed by atoms with Gasteiger partial charge < -0.3 is 20.3 Å². The van der Waals surface area contributed by atoms with Crippen LogP contribution in [0.2, 0.25) is 0 Å². The number of amides is 3. The van der Waals surface area contributed by atoms with E-state index in [0.717, 1.165) is 48.8 Å². The first-order valence-electron chi connectivity index (χ1n) is 15.1. The van der Waals surface area contributed by atoms with Gasteiger partial charge in [-0.3, -0.25) is 9.59 Å². The van der Waals surface area contributed by atoms with E-state index in [4.69, 9.17) is 4.74 Å². The van der Waals surface area contributed by atoms with E-state index in [2.05, 4.69) is 17.6 Å². The molecule has 2 rings (SSSR count). The van der Waals surface area contributed by atoms with Crippen LogP contribution in [-0.4, -0.2) is 41.0 Å². The Kier molecular flexibility index (Phi) is 13.4. The minimum atomic E-state index is -0.871. The molecule has 0 heterocycles. The Labute approximate surface area is 247 Å². The number of rotatable bonds is 14. The van der Waals surface area contributed by atoms with Crippen molar-refractivity contribution in [2.24, 2.45) is 5.92 Å². The van der Waals surface area contributed by atoms with Gasteiger partial charge in [0.05, 0.1) is 0 Å². The summed E-state index contributed by atoms with van der Waals surface area (Å²) in [6.07, 6.45) is 4.79. The number of benzene rings is 2. The van der Waals surface area contributed by atoms with E-state index in [1.165, 1.54) is 0 Å². The van der Waals surface area contributed by atoms with Crippen molar-refractivity contribution < 1.29 is 19.1 Å². The van der Waals surface area contributed by atoms with Gasteiger partial charge >= 0.3 is 6.09 Å². The van der Waals surface area contributed by atoms with E-state index < -0.39 is 23.8 Å². The fourth-order valence-corrected chi connectivity index (χ4v) is 4.85. The highest BCUT2D eigenvalue weighted by molar-refractivity contribution is 5.99. The number of nitrogens with zero attached hydrogens (tertiary/aromatic N) is 1. The Morgan fingerprint density at radius 3 is 2.07 bits per heavy atom. The molecular weight excluding hydrogens is 514 g/mol. The first-order valence-corrected chi connectivity index (χ1v) is 15.1. The van der Waals surface area contributed by atoms with Crippen LogP contribution in [0.1, 0.15) is 103 Å². The van der Waals surface area contributed by atoms with Crippen LogP contribution in [0, 0.1) is 19.8 Å². The normalized spacial score (nSPS) is 12.9. The minimum absolute atomic E-state index is 0.128. The number of nitrogens with one attached hydrogen (secondary N) is 2. The molecule has 226 valence electrons. The molecule has 0 saturated heterocycles. The molecule has 0 aromatic heterocycles. The standard InChI is InChI=1S/C34H51N3O4/c1-9-10-11-12-17-22-37(32(39)29(23-24(2)3)36-33(40)41-34(6,7)8)30(27-20-15-13-18-25(27)4)31(38)35-28-21-16-14-19-26(28)5/h13-16,18-21,24,29-30H,9-12,17,22-23H2,1-8H3,(H,35,38)(H,36,40). The number of carbonyl (C=O) groups is 3. The van der Waals surface area contributed by atoms with Gasteiger partial charge in [0.2, 0.25) is 5.91 Å². The smallest absolute Gasteiger partial charge is 0.408 e. The third-order valence-electron chi connectivity index (χ3n) is 6.93. The van der Waals surface area contributed by atoms with Crippen molar-refractivity contribution in [1.29, 1.82) is 0 Å². The van der Waals surface area contributed by atoms with Crippen LogP contribution >= 0.6 is 0 Å². The maximum Gasteiger partial charge on any atom is 0.408 e. The molecule has 0 aliphatic heterocycles. The second-order valence-corrected chi connectivity index (χ2v) is 12.3. The number of alkyl carbamates (subject to hydrolysis) is 1. The van der Waals surface area contributed by atoms with E-state index in [0.29, 0.717) is 18.7 Å². The summed E-state index contributed by atoms with van der Waals surface area (Å²) in [4.78, 5) is 43.1. The molecule has 0 radical (unpaired) electrons. The van der Waals surface area contributed by atoms with Crippen molar-refractivity contribution in [3.8, 4) is 0 Å². The van der Waals surface area contributed by atoms with Gasteiger partial charge in [-0.25, -0.2) is 4.79 Å². The fraction of sp³-hybridized carbons (Fsp3) is 0.559.